The highest BCUT2D eigenvalue weighted by Crippen LogP contribution is 2.36. The number of hydrazine groups is 4. The van der Waals surface area contributed by atoms with Gasteiger partial charge in [-0.25, -0.2) is 32.1 Å². The van der Waals surface area contributed by atoms with Crippen LogP contribution < -0.4 is 44.2 Å². The second kappa shape index (κ2) is 13.0. The lowest BCUT2D eigenvalue weighted by atomic mass is 9.74. The molecule has 216 valence electrons. The van der Waals surface area contributed by atoms with E-state index in [1.807, 2.05) is 35.1 Å². The predicted octanol–water partition coefficient (Wildman–Crippen LogP) is 1.93. The quantitative estimate of drug-likeness (QED) is 0.0723. The normalized spacial score (nSPS) is 12.8. The largest absolute Gasteiger partial charge is 0.343 e. The first kappa shape index (κ1) is 30.7. The van der Waals surface area contributed by atoms with E-state index in [4.69, 9.17) is 11.7 Å². The molecule has 0 saturated carbocycles. The maximum atomic E-state index is 13.5. The van der Waals surface area contributed by atoms with Crippen LogP contribution in [0.15, 0.2) is 36.4 Å². The summed E-state index contributed by atoms with van der Waals surface area (Å²) in [6, 6.07) is 10.0. The van der Waals surface area contributed by atoms with Gasteiger partial charge in [0.1, 0.15) is 0 Å². The summed E-state index contributed by atoms with van der Waals surface area (Å²) in [6.45, 7) is 9.44. The third kappa shape index (κ3) is 7.21. The summed E-state index contributed by atoms with van der Waals surface area (Å²) in [7, 11) is 0. The van der Waals surface area contributed by atoms with Crippen LogP contribution in [0.2, 0.25) is 0 Å². The number of carbonyl (C=O) groups excluding carboxylic acids is 4. The predicted molar refractivity (Wildman–Crippen MR) is 152 cm³/mol. The van der Waals surface area contributed by atoms with Gasteiger partial charge in [0.25, 0.3) is 0 Å². The molecule has 0 fully saturated rings. The molecule has 3 rings (SSSR count). The van der Waals surface area contributed by atoms with Gasteiger partial charge in [0.2, 0.25) is 0 Å². The molecule has 40 heavy (non-hydrogen) atoms. The standard InChI is InChI=1S/C28H40N8O4/c1-27(2,11-5-13-31-35-25(39)33-29)17-7-9-19-21(15-17)23(37)20-10-8-18(16-22(20)24(19)38)28(3,4)12-6-14-32-36-26(40)34-30/h7-10,15-16,31-32H,5-6,11-14,29-30H2,1-4H3,(H2,33,35,39)(H2,34,36,40). The maximum absolute atomic E-state index is 13.5. The molecule has 0 radical (unpaired) electrons. The van der Waals surface area contributed by atoms with Gasteiger partial charge in [-0.3, -0.25) is 31.3 Å². The Kier molecular flexibility index (Phi) is 9.98. The average Bonchev–Trinajstić information content (AvgIpc) is 2.94. The van der Waals surface area contributed by atoms with Gasteiger partial charge >= 0.3 is 12.1 Å². The van der Waals surface area contributed by atoms with Gasteiger partial charge in [0.15, 0.2) is 11.6 Å². The molecule has 10 N–H and O–H groups in total. The first-order valence-corrected chi connectivity index (χ1v) is 13.3. The van der Waals surface area contributed by atoms with E-state index in [2.05, 4.69) is 49.4 Å². The monoisotopic (exact) mass is 552 g/mol. The minimum absolute atomic E-state index is 0.154. The number of rotatable bonds is 12. The summed E-state index contributed by atoms with van der Waals surface area (Å²) >= 11 is 0. The van der Waals surface area contributed by atoms with Crippen LogP contribution in [0.5, 0.6) is 0 Å². The molecule has 0 spiro atoms. The molecule has 1 aliphatic carbocycles. The lowest BCUT2D eigenvalue weighted by Crippen LogP contribution is -2.47. The maximum Gasteiger partial charge on any atom is 0.343 e. The molecule has 12 heteroatoms. The van der Waals surface area contributed by atoms with Crippen LogP contribution in [0.4, 0.5) is 9.59 Å². The van der Waals surface area contributed by atoms with Gasteiger partial charge in [0, 0.05) is 35.3 Å². The first-order valence-electron chi connectivity index (χ1n) is 13.3. The molecule has 0 saturated heterocycles. The van der Waals surface area contributed by atoms with Gasteiger partial charge in [-0.05, 0) is 71.9 Å². The Balaban J connectivity index is 1.71. The number of hydrogen-bond acceptors (Lipinski definition) is 8. The van der Waals surface area contributed by atoms with Gasteiger partial charge in [-0.15, -0.1) is 0 Å². The van der Waals surface area contributed by atoms with Crippen molar-refractivity contribution in [3.05, 3.63) is 69.8 Å². The number of carbonyl (C=O) groups is 4. The summed E-state index contributed by atoms with van der Waals surface area (Å²) in [4.78, 5) is 49.4. The summed E-state index contributed by atoms with van der Waals surface area (Å²) in [5.74, 6) is 9.76. The van der Waals surface area contributed by atoms with Crippen molar-refractivity contribution in [3.63, 3.8) is 0 Å². The van der Waals surface area contributed by atoms with Crippen molar-refractivity contribution in [1.82, 2.24) is 32.6 Å². The molecule has 2 aromatic rings. The Bertz CT molecular complexity index is 1180. The van der Waals surface area contributed by atoms with Crippen molar-refractivity contribution in [2.75, 3.05) is 13.1 Å². The van der Waals surface area contributed by atoms with Crippen LogP contribution in [-0.4, -0.2) is 36.7 Å². The number of nitrogens with two attached hydrogens (primary N) is 2. The molecule has 0 atom stereocenters. The zero-order chi connectivity index (χ0) is 29.5. The Hall–Kier alpha value is -3.84. The molecule has 1 aliphatic rings. The third-order valence-corrected chi connectivity index (χ3v) is 7.45. The van der Waals surface area contributed by atoms with Gasteiger partial charge in [-0.2, -0.15) is 0 Å². The molecular weight excluding hydrogens is 512 g/mol. The highest BCUT2D eigenvalue weighted by molar-refractivity contribution is 6.28. The van der Waals surface area contributed by atoms with Crippen LogP contribution in [0, 0.1) is 0 Å². The molecule has 0 bridgehead atoms. The molecule has 2 aromatic carbocycles. The summed E-state index contributed by atoms with van der Waals surface area (Å²) in [5, 5.41) is 0. The molecule has 12 nitrogen and oxygen atoms in total. The highest BCUT2D eigenvalue weighted by atomic mass is 16.2. The van der Waals surface area contributed by atoms with Crippen LogP contribution in [0.3, 0.4) is 0 Å². The molecule has 0 unspecified atom stereocenters. The summed E-state index contributed by atoms with van der Waals surface area (Å²) < 4.78 is 0. The number of ketones is 2. The Morgan fingerprint density at radius 2 is 1.02 bits per heavy atom. The lowest BCUT2D eigenvalue weighted by molar-refractivity contribution is 0.0978. The molecule has 0 aliphatic heterocycles. The van der Waals surface area contributed by atoms with Crippen molar-refractivity contribution in [1.29, 1.82) is 0 Å². The van der Waals surface area contributed by atoms with Gasteiger partial charge in [-0.1, -0.05) is 39.8 Å². The SMILES string of the molecule is CC(C)(CCCNNC(=O)NN)c1ccc2c(c1)C(=O)c1ccc(C(C)(C)CCCNNC(=O)NN)cc1C2=O. The number of fused-ring (bicyclic) bond motifs is 2. The number of amides is 4. The van der Waals surface area contributed by atoms with Crippen LogP contribution in [-0.2, 0) is 10.8 Å². The second-order valence-corrected chi connectivity index (χ2v) is 11.2. The fraction of sp³-hybridized carbons (Fsp3) is 0.429. The number of hydrogen-bond donors (Lipinski definition) is 8. The third-order valence-electron chi connectivity index (χ3n) is 7.45. The fourth-order valence-electron chi connectivity index (χ4n) is 4.88. The van der Waals surface area contributed by atoms with Crippen molar-refractivity contribution in [2.24, 2.45) is 11.7 Å². The summed E-state index contributed by atoms with van der Waals surface area (Å²) in [5.41, 5.74) is 17.5. The van der Waals surface area contributed by atoms with E-state index in [1.165, 1.54) is 0 Å². The van der Waals surface area contributed by atoms with Gasteiger partial charge < -0.3 is 0 Å². The van der Waals surface area contributed by atoms with E-state index in [0.29, 0.717) is 35.3 Å². The second-order valence-electron chi connectivity index (χ2n) is 11.2. The zero-order valence-electron chi connectivity index (χ0n) is 23.5. The van der Waals surface area contributed by atoms with Crippen molar-refractivity contribution in [3.8, 4) is 0 Å². The Morgan fingerprint density at radius 1 is 0.650 bits per heavy atom. The van der Waals surface area contributed by atoms with E-state index in [1.54, 1.807) is 12.1 Å². The smallest absolute Gasteiger partial charge is 0.289 e. The number of urea groups is 2. The minimum atomic E-state index is -0.520. The van der Waals surface area contributed by atoms with E-state index in [9.17, 15) is 19.2 Å². The molecule has 0 aromatic heterocycles. The average molecular weight is 553 g/mol. The van der Waals surface area contributed by atoms with Crippen LogP contribution >= 0.6 is 0 Å². The van der Waals surface area contributed by atoms with E-state index in [-0.39, 0.29) is 22.4 Å². The summed E-state index contributed by atoms with van der Waals surface area (Å²) in [6.07, 6.45) is 3.10. The van der Waals surface area contributed by atoms with Crippen molar-refractivity contribution < 1.29 is 19.2 Å². The van der Waals surface area contributed by atoms with Crippen LogP contribution in [0.1, 0.15) is 96.3 Å². The first-order chi connectivity index (χ1) is 18.9. The van der Waals surface area contributed by atoms with Crippen molar-refractivity contribution >= 4 is 23.6 Å². The van der Waals surface area contributed by atoms with Crippen molar-refractivity contribution in [2.45, 2.75) is 64.2 Å². The molecule has 4 amide bonds. The van der Waals surface area contributed by atoms with Crippen LogP contribution in [0.25, 0.3) is 0 Å². The highest BCUT2D eigenvalue weighted by Gasteiger charge is 2.33. The van der Waals surface area contributed by atoms with E-state index < -0.39 is 12.1 Å². The minimum Gasteiger partial charge on any atom is -0.289 e. The zero-order valence-corrected chi connectivity index (χ0v) is 23.5. The number of benzene rings is 2. The topological polar surface area (TPSA) is 192 Å². The Morgan fingerprint density at radius 3 is 1.38 bits per heavy atom. The van der Waals surface area contributed by atoms with E-state index in [0.717, 1.165) is 36.8 Å². The molecule has 0 heterocycles. The number of nitrogens with one attached hydrogen (secondary N) is 6. The molecular formula is C28H40N8O4. The van der Waals surface area contributed by atoms with E-state index >= 15 is 0 Å². The lowest BCUT2D eigenvalue weighted by Gasteiger charge is -2.29. The Labute approximate surface area is 234 Å². The fourth-order valence-corrected chi connectivity index (χ4v) is 4.88. The van der Waals surface area contributed by atoms with Gasteiger partial charge in [0.05, 0.1) is 0 Å².